The molecular formula is C22H33N5O3. The summed E-state index contributed by atoms with van der Waals surface area (Å²) in [5, 5.41) is 10.0. The highest BCUT2D eigenvalue weighted by atomic mass is 16.5. The van der Waals surface area contributed by atoms with Crippen molar-refractivity contribution in [3.63, 3.8) is 0 Å². The van der Waals surface area contributed by atoms with E-state index in [1.807, 2.05) is 11.0 Å². The number of nitrogens with one attached hydrogen (secondary N) is 2. The summed E-state index contributed by atoms with van der Waals surface area (Å²) in [5.41, 5.74) is 1.48. The zero-order valence-electron chi connectivity index (χ0n) is 17.6. The van der Waals surface area contributed by atoms with E-state index in [0.717, 1.165) is 31.2 Å². The van der Waals surface area contributed by atoms with Crippen LogP contribution in [0.1, 0.15) is 60.6 Å². The number of hydrogen-bond acceptors (Lipinski definition) is 5. The molecule has 164 valence electrons. The number of likely N-dealkylation sites (tertiary alicyclic amines) is 1. The molecule has 3 heterocycles. The van der Waals surface area contributed by atoms with E-state index in [1.165, 1.54) is 45.1 Å². The van der Waals surface area contributed by atoms with Gasteiger partial charge in [0.2, 0.25) is 5.91 Å². The third-order valence-electron chi connectivity index (χ3n) is 6.96. The molecule has 2 saturated heterocycles. The maximum atomic E-state index is 12.4. The van der Waals surface area contributed by atoms with Crippen LogP contribution in [0.15, 0.2) is 6.07 Å². The van der Waals surface area contributed by atoms with Crippen LogP contribution in [-0.2, 0) is 9.53 Å². The van der Waals surface area contributed by atoms with Crippen molar-refractivity contribution >= 4 is 11.8 Å². The van der Waals surface area contributed by atoms with E-state index in [1.54, 1.807) is 0 Å². The van der Waals surface area contributed by atoms with Crippen molar-refractivity contribution in [3.8, 4) is 0 Å². The summed E-state index contributed by atoms with van der Waals surface area (Å²) >= 11 is 0. The molecule has 2 N–H and O–H groups in total. The first-order valence-electron chi connectivity index (χ1n) is 11.6. The second kappa shape index (κ2) is 8.67. The molecule has 1 atom stereocenters. The standard InChI is InChI=1S/C22H33N5O3/c28-21-14-30-18(10-23-22(29)20-9-19(24-25-20)17-3-4-17)13-27(21)12-16-5-7-26(8-6-16)11-15-1-2-15/h9,15-18H,1-8,10-14H2,(H,23,29)(H,24,25)/t18-/m0/s1. The average Bonchev–Trinajstić information content (AvgIpc) is 3.70. The molecule has 2 amide bonds. The lowest BCUT2D eigenvalue weighted by atomic mass is 9.95. The quantitative estimate of drug-likeness (QED) is 0.669. The predicted octanol–water partition coefficient (Wildman–Crippen LogP) is 1.37. The van der Waals surface area contributed by atoms with Crippen molar-refractivity contribution in [1.29, 1.82) is 0 Å². The number of nitrogens with zero attached hydrogens (tertiary/aromatic N) is 3. The van der Waals surface area contributed by atoms with Crippen LogP contribution in [0.5, 0.6) is 0 Å². The summed E-state index contributed by atoms with van der Waals surface area (Å²) in [6.45, 7) is 5.45. The van der Waals surface area contributed by atoms with Gasteiger partial charge in [0.15, 0.2) is 0 Å². The Morgan fingerprint density at radius 2 is 1.90 bits per heavy atom. The first-order valence-corrected chi connectivity index (χ1v) is 11.6. The molecule has 1 aromatic rings. The highest BCUT2D eigenvalue weighted by molar-refractivity contribution is 5.92. The number of aromatic nitrogens is 2. The third kappa shape index (κ3) is 5.03. The van der Waals surface area contributed by atoms with Crippen LogP contribution in [0.4, 0.5) is 0 Å². The number of carbonyl (C=O) groups is 2. The van der Waals surface area contributed by atoms with Crippen LogP contribution in [0.25, 0.3) is 0 Å². The maximum Gasteiger partial charge on any atom is 0.271 e. The number of aromatic amines is 1. The number of hydrogen-bond donors (Lipinski definition) is 2. The van der Waals surface area contributed by atoms with Crippen molar-refractivity contribution < 1.29 is 14.3 Å². The Bertz CT molecular complexity index is 765. The largest absolute Gasteiger partial charge is 0.365 e. The third-order valence-corrected chi connectivity index (χ3v) is 6.96. The molecule has 0 spiro atoms. The lowest BCUT2D eigenvalue weighted by Gasteiger charge is -2.38. The lowest BCUT2D eigenvalue weighted by molar-refractivity contribution is -0.149. The van der Waals surface area contributed by atoms with Crippen LogP contribution >= 0.6 is 0 Å². The monoisotopic (exact) mass is 415 g/mol. The number of amides is 2. The molecule has 4 aliphatic rings. The van der Waals surface area contributed by atoms with Gasteiger partial charge in [-0.15, -0.1) is 0 Å². The molecule has 0 aromatic carbocycles. The van der Waals surface area contributed by atoms with Gasteiger partial charge in [-0.1, -0.05) is 0 Å². The number of H-pyrrole nitrogens is 1. The fraction of sp³-hybridized carbons (Fsp3) is 0.773. The van der Waals surface area contributed by atoms with Crippen molar-refractivity contribution in [2.45, 2.75) is 50.5 Å². The summed E-state index contributed by atoms with van der Waals surface area (Å²) in [4.78, 5) is 29.3. The van der Waals surface area contributed by atoms with E-state index >= 15 is 0 Å². The van der Waals surface area contributed by atoms with Crippen molar-refractivity contribution in [2.24, 2.45) is 11.8 Å². The van der Waals surface area contributed by atoms with Crippen LogP contribution in [0.2, 0.25) is 0 Å². The summed E-state index contributed by atoms with van der Waals surface area (Å²) in [6.07, 6.45) is 7.32. The molecule has 4 fully saturated rings. The number of ether oxygens (including phenoxy) is 1. The molecule has 0 radical (unpaired) electrons. The fourth-order valence-corrected chi connectivity index (χ4v) is 4.66. The number of morpholine rings is 1. The minimum atomic E-state index is -0.187. The van der Waals surface area contributed by atoms with E-state index in [0.29, 0.717) is 30.6 Å². The zero-order valence-corrected chi connectivity index (χ0v) is 17.6. The Balaban J connectivity index is 1.06. The molecule has 2 aliphatic carbocycles. The Morgan fingerprint density at radius 3 is 2.63 bits per heavy atom. The van der Waals surface area contributed by atoms with Gasteiger partial charge in [-0.3, -0.25) is 14.7 Å². The lowest BCUT2D eigenvalue weighted by Crippen LogP contribution is -2.52. The number of piperidine rings is 1. The Morgan fingerprint density at radius 1 is 1.13 bits per heavy atom. The van der Waals surface area contributed by atoms with Gasteiger partial charge in [0, 0.05) is 37.8 Å². The predicted molar refractivity (Wildman–Crippen MR) is 111 cm³/mol. The van der Waals surface area contributed by atoms with Crippen molar-refractivity contribution in [2.75, 3.05) is 45.9 Å². The normalized spacial score (nSPS) is 26.2. The second-order valence-corrected chi connectivity index (χ2v) is 9.61. The Hall–Kier alpha value is -1.93. The van der Waals surface area contributed by atoms with Gasteiger partial charge in [-0.25, -0.2) is 0 Å². The van der Waals surface area contributed by atoms with Gasteiger partial charge in [-0.05, 0) is 69.5 Å². The van der Waals surface area contributed by atoms with Gasteiger partial charge < -0.3 is 19.9 Å². The first-order chi connectivity index (χ1) is 14.6. The molecule has 8 nitrogen and oxygen atoms in total. The molecule has 2 aliphatic heterocycles. The molecule has 30 heavy (non-hydrogen) atoms. The number of rotatable bonds is 8. The van der Waals surface area contributed by atoms with Gasteiger partial charge in [0.05, 0.1) is 6.10 Å². The van der Waals surface area contributed by atoms with E-state index in [4.69, 9.17) is 4.74 Å². The first kappa shape index (κ1) is 20.0. The highest BCUT2D eigenvalue weighted by Crippen LogP contribution is 2.39. The molecule has 5 rings (SSSR count). The van der Waals surface area contributed by atoms with Gasteiger partial charge in [0.1, 0.15) is 12.3 Å². The smallest absolute Gasteiger partial charge is 0.271 e. The fourth-order valence-electron chi connectivity index (χ4n) is 4.66. The van der Waals surface area contributed by atoms with Crippen LogP contribution in [0, 0.1) is 11.8 Å². The molecule has 2 saturated carbocycles. The van der Waals surface area contributed by atoms with Gasteiger partial charge >= 0.3 is 0 Å². The maximum absolute atomic E-state index is 12.4. The van der Waals surface area contributed by atoms with Crippen molar-refractivity contribution in [1.82, 2.24) is 25.3 Å². The minimum Gasteiger partial charge on any atom is -0.365 e. The Kier molecular flexibility index (Phi) is 5.78. The second-order valence-electron chi connectivity index (χ2n) is 9.61. The van der Waals surface area contributed by atoms with E-state index in [9.17, 15) is 9.59 Å². The minimum absolute atomic E-state index is 0.0689. The topological polar surface area (TPSA) is 90.6 Å². The summed E-state index contributed by atoms with van der Waals surface area (Å²) in [6, 6.07) is 1.85. The van der Waals surface area contributed by atoms with Crippen LogP contribution in [-0.4, -0.2) is 83.8 Å². The van der Waals surface area contributed by atoms with Crippen LogP contribution in [0.3, 0.4) is 0 Å². The van der Waals surface area contributed by atoms with E-state index in [-0.39, 0.29) is 24.5 Å². The summed E-state index contributed by atoms with van der Waals surface area (Å²) in [7, 11) is 0. The molecule has 0 bridgehead atoms. The Labute approximate surface area is 177 Å². The molecular weight excluding hydrogens is 382 g/mol. The van der Waals surface area contributed by atoms with Gasteiger partial charge in [0.25, 0.3) is 5.91 Å². The highest BCUT2D eigenvalue weighted by Gasteiger charge is 2.32. The van der Waals surface area contributed by atoms with Gasteiger partial charge in [-0.2, -0.15) is 5.10 Å². The summed E-state index contributed by atoms with van der Waals surface area (Å²) < 4.78 is 5.67. The van der Waals surface area contributed by atoms with Crippen LogP contribution < -0.4 is 5.32 Å². The zero-order chi connectivity index (χ0) is 20.5. The molecule has 8 heteroatoms. The average molecular weight is 416 g/mol. The van der Waals surface area contributed by atoms with E-state index in [2.05, 4.69) is 20.4 Å². The van der Waals surface area contributed by atoms with E-state index < -0.39 is 0 Å². The molecule has 1 aromatic heterocycles. The SMILES string of the molecule is O=C(NC[C@H]1CN(CC2CCN(CC3CC3)CC2)C(=O)CO1)c1cc(C2CC2)[nH]n1. The summed E-state index contributed by atoms with van der Waals surface area (Å²) in [5.74, 6) is 1.94. The van der Waals surface area contributed by atoms with Crippen molar-refractivity contribution in [3.05, 3.63) is 17.5 Å². The number of carbonyl (C=O) groups excluding carboxylic acids is 2. The molecule has 0 unspecified atom stereocenters.